The van der Waals surface area contributed by atoms with Crippen molar-refractivity contribution in [3.63, 3.8) is 0 Å². The second-order valence-electron chi connectivity index (χ2n) is 7.00. The highest BCUT2D eigenvalue weighted by atomic mass is 16.6. The standard InChI is InChI=1S/C18H27NO4/c1-5-22-15-9-6-8-14(12-15)18(21)10-7-11-19(13-18)16(20)23-17(2,3)4/h6,8-9,12,21H,5,7,10-11,13H2,1-4H3. The molecule has 1 saturated heterocycles. The molecule has 1 aliphatic heterocycles. The summed E-state index contributed by atoms with van der Waals surface area (Å²) in [6, 6.07) is 7.46. The molecule has 2 rings (SSSR count). The average Bonchev–Trinajstić information content (AvgIpc) is 2.46. The number of nitrogens with zero attached hydrogens (tertiary/aromatic N) is 1. The molecule has 5 nitrogen and oxygen atoms in total. The van der Waals surface area contributed by atoms with E-state index >= 15 is 0 Å². The van der Waals surface area contributed by atoms with Crippen LogP contribution in [0.3, 0.4) is 0 Å². The zero-order valence-electron chi connectivity index (χ0n) is 14.5. The molecule has 0 aromatic heterocycles. The van der Waals surface area contributed by atoms with Crippen LogP contribution in [0, 0.1) is 0 Å². The van der Waals surface area contributed by atoms with E-state index in [-0.39, 0.29) is 12.6 Å². The number of likely N-dealkylation sites (tertiary alicyclic amines) is 1. The Kier molecular flexibility index (Phi) is 5.19. The summed E-state index contributed by atoms with van der Waals surface area (Å²) in [5.41, 5.74) is -0.833. The first-order chi connectivity index (χ1) is 10.7. The maximum Gasteiger partial charge on any atom is 0.410 e. The lowest BCUT2D eigenvalue weighted by Crippen LogP contribution is -2.49. The summed E-state index contributed by atoms with van der Waals surface area (Å²) in [7, 11) is 0. The van der Waals surface area contributed by atoms with Gasteiger partial charge in [-0.15, -0.1) is 0 Å². The normalized spacial score (nSPS) is 21.9. The predicted octanol–water partition coefficient (Wildman–Crippen LogP) is 3.30. The summed E-state index contributed by atoms with van der Waals surface area (Å²) in [4.78, 5) is 13.9. The van der Waals surface area contributed by atoms with Gasteiger partial charge in [0.15, 0.2) is 0 Å². The maximum absolute atomic E-state index is 12.3. The highest BCUT2D eigenvalue weighted by Crippen LogP contribution is 2.33. The number of benzene rings is 1. The van der Waals surface area contributed by atoms with E-state index in [0.717, 1.165) is 17.7 Å². The van der Waals surface area contributed by atoms with Gasteiger partial charge < -0.3 is 19.5 Å². The van der Waals surface area contributed by atoms with E-state index in [4.69, 9.17) is 9.47 Å². The Balaban J connectivity index is 2.15. The Morgan fingerprint density at radius 2 is 2.13 bits per heavy atom. The fourth-order valence-corrected chi connectivity index (χ4v) is 2.80. The Morgan fingerprint density at radius 3 is 2.78 bits per heavy atom. The van der Waals surface area contributed by atoms with E-state index in [1.54, 1.807) is 4.90 Å². The summed E-state index contributed by atoms with van der Waals surface area (Å²) < 4.78 is 10.9. The maximum atomic E-state index is 12.3. The van der Waals surface area contributed by atoms with E-state index < -0.39 is 11.2 Å². The van der Waals surface area contributed by atoms with Gasteiger partial charge in [0.1, 0.15) is 17.0 Å². The second kappa shape index (κ2) is 6.79. The molecule has 1 aliphatic rings. The van der Waals surface area contributed by atoms with Crippen LogP contribution in [0.4, 0.5) is 4.79 Å². The van der Waals surface area contributed by atoms with Gasteiger partial charge in [0.2, 0.25) is 0 Å². The highest BCUT2D eigenvalue weighted by molar-refractivity contribution is 5.68. The molecule has 5 heteroatoms. The molecule has 1 fully saturated rings. The topological polar surface area (TPSA) is 59.0 Å². The molecule has 1 N–H and O–H groups in total. The first-order valence-corrected chi connectivity index (χ1v) is 8.17. The molecule has 1 heterocycles. The number of rotatable bonds is 3. The van der Waals surface area contributed by atoms with Gasteiger partial charge in [0.25, 0.3) is 0 Å². The molecule has 1 aromatic rings. The van der Waals surface area contributed by atoms with Gasteiger partial charge >= 0.3 is 6.09 Å². The minimum atomic E-state index is -1.07. The fraction of sp³-hybridized carbons (Fsp3) is 0.611. The quantitative estimate of drug-likeness (QED) is 0.928. The monoisotopic (exact) mass is 321 g/mol. The number of piperidine rings is 1. The molecule has 23 heavy (non-hydrogen) atoms. The molecule has 1 amide bonds. The van der Waals surface area contributed by atoms with Crippen molar-refractivity contribution < 1.29 is 19.4 Å². The number of hydrogen-bond donors (Lipinski definition) is 1. The van der Waals surface area contributed by atoms with Gasteiger partial charge in [-0.25, -0.2) is 4.79 Å². The highest BCUT2D eigenvalue weighted by Gasteiger charge is 2.38. The summed E-state index contributed by atoms with van der Waals surface area (Å²) in [5, 5.41) is 11.0. The van der Waals surface area contributed by atoms with Crippen molar-refractivity contribution in [2.45, 2.75) is 51.7 Å². The van der Waals surface area contributed by atoms with E-state index in [1.165, 1.54) is 0 Å². The van der Waals surface area contributed by atoms with Crippen LogP contribution in [-0.4, -0.2) is 41.4 Å². The molecule has 1 atom stereocenters. The van der Waals surface area contributed by atoms with E-state index in [1.807, 2.05) is 52.0 Å². The second-order valence-corrected chi connectivity index (χ2v) is 7.00. The van der Waals surface area contributed by atoms with E-state index in [9.17, 15) is 9.90 Å². The number of aliphatic hydroxyl groups is 1. The molecule has 0 spiro atoms. The lowest BCUT2D eigenvalue weighted by Gasteiger charge is -2.40. The van der Waals surface area contributed by atoms with Crippen LogP contribution in [-0.2, 0) is 10.3 Å². The van der Waals surface area contributed by atoms with Crippen molar-refractivity contribution in [1.82, 2.24) is 4.90 Å². The van der Waals surface area contributed by atoms with Crippen LogP contribution in [0.2, 0.25) is 0 Å². The Bertz CT molecular complexity index is 552. The molecular weight excluding hydrogens is 294 g/mol. The van der Waals surface area contributed by atoms with E-state index in [2.05, 4.69) is 0 Å². The fourth-order valence-electron chi connectivity index (χ4n) is 2.80. The number of amides is 1. The molecule has 0 saturated carbocycles. The van der Waals surface area contributed by atoms with Crippen LogP contribution in [0.1, 0.15) is 46.1 Å². The summed E-state index contributed by atoms with van der Waals surface area (Å²) in [6.45, 7) is 8.85. The first kappa shape index (κ1) is 17.6. The Morgan fingerprint density at radius 1 is 1.39 bits per heavy atom. The third kappa shape index (κ3) is 4.61. The number of ether oxygens (including phenoxy) is 2. The number of β-amino-alcohol motifs (C(OH)–C–C–N with tert-alkyl or cyclic N) is 1. The van der Waals surface area contributed by atoms with Crippen LogP contribution in [0.15, 0.2) is 24.3 Å². The number of carbonyl (C=O) groups excluding carboxylic acids is 1. The van der Waals surface area contributed by atoms with E-state index in [0.29, 0.717) is 19.6 Å². The van der Waals surface area contributed by atoms with Crippen LogP contribution >= 0.6 is 0 Å². The predicted molar refractivity (Wildman–Crippen MR) is 88.5 cm³/mol. The summed E-state index contributed by atoms with van der Waals surface area (Å²) in [6.07, 6.45) is 0.966. The minimum absolute atomic E-state index is 0.234. The molecular formula is C18H27NO4. The van der Waals surface area contributed by atoms with Crippen molar-refractivity contribution in [2.24, 2.45) is 0 Å². The zero-order chi connectivity index (χ0) is 17.1. The lowest BCUT2D eigenvalue weighted by molar-refractivity contribution is -0.0466. The van der Waals surface area contributed by atoms with Gasteiger partial charge in [0, 0.05) is 6.54 Å². The van der Waals surface area contributed by atoms with Gasteiger partial charge in [-0.3, -0.25) is 0 Å². The van der Waals surface area contributed by atoms with Crippen LogP contribution in [0.25, 0.3) is 0 Å². The summed E-state index contributed by atoms with van der Waals surface area (Å²) in [5.74, 6) is 0.729. The largest absolute Gasteiger partial charge is 0.494 e. The number of hydrogen-bond acceptors (Lipinski definition) is 4. The van der Waals surface area contributed by atoms with Gasteiger partial charge in [-0.05, 0) is 58.2 Å². The Labute approximate surface area is 138 Å². The number of carbonyl (C=O) groups is 1. The van der Waals surface area contributed by atoms with Gasteiger partial charge in [-0.1, -0.05) is 12.1 Å². The van der Waals surface area contributed by atoms with Crippen molar-refractivity contribution in [3.8, 4) is 5.75 Å². The molecule has 0 bridgehead atoms. The lowest BCUT2D eigenvalue weighted by atomic mass is 9.86. The average molecular weight is 321 g/mol. The minimum Gasteiger partial charge on any atom is -0.494 e. The summed E-state index contributed by atoms with van der Waals surface area (Å²) >= 11 is 0. The first-order valence-electron chi connectivity index (χ1n) is 8.17. The SMILES string of the molecule is CCOc1cccc(C2(O)CCCN(C(=O)OC(C)(C)C)C2)c1. The van der Waals surface area contributed by atoms with Crippen molar-refractivity contribution in [1.29, 1.82) is 0 Å². The smallest absolute Gasteiger partial charge is 0.410 e. The molecule has 0 aliphatic carbocycles. The van der Waals surface area contributed by atoms with Gasteiger partial charge in [-0.2, -0.15) is 0 Å². The molecule has 0 radical (unpaired) electrons. The van der Waals surface area contributed by atoms with Crippen molar-refractivity contribution >= 4 is 6.09 Å². The van der Waals surface area contributed by atoms with Crippen LogP contribution in [0.5, 0.6) is 5.75 Å². The zero-order valence-corrected chi connectivity index (χ0v) is 14.5. The third-order valence-electron chi connectivity index (χ3n) is 3.80. The third-order valence-corrected chi connectivity index (χ3v) is 3.80. The van der Waals surface area contributed by atoms with Gasteiger partial charge in [0.05, 0.1) is 13.2 Å². The van der Waals surface area contributed by atoms with Crippen molar-refractivity contribution in [3.05, 3.63) is 29.8 Å². The van der Waals surface area contributed by atoms with Crippen LogP contribution < -0.4 is 4.74 Å². The molecule has 128 valence electrons. The molecule has 1 aromatic carbocycles. The Hall–Kier alpha value is -1.75. The van der Waals surface area contributed by atoms with Crippen molar-refractivity contribution in [2.75, 3.05) is 19.7 Å². The molecule has 1 unspecified atom stereocenters.